The van der Waals surface area contributed by atoms with Crippen molar-refractivity contribution in [2.75, 3.05) is 11.9 Å². The first-order chi connectivity index (χ1) is 11.4. The second-order valence-electron chi connectivity index (χ2n) is 5.81. The van der Waals surface area contributed by atoms with Gasteiger partial charge in [0.2, 0.25) is 0 Å². The molecule has 0 radical (unpaired) electrons. The van der Waals surface area contributed by atoms with E-state index in [0.29, 0.717) is 24.4 Å². The largest absolute Gasteiger partial charge is 0.464 e. The number of nitrogens with zero attached hydrogens (tertiary/aromatic N) is 2. The highest BCUT2D eigenvalue weighted by Crippen LogP contribution is 2.19. The Labute approximate surface area is 140 Å². The summed E-state index contributed by atoms with van der Waals surface area (Å²) in [6.07, 6.45) is 3.09. The minimum atomic E-state index is -0.957. The molecule has 0 saturated carbocycles. The van der Waals surface area contributed by atoms with E-state index in [9.17, 15) is 9.59 Å². The maximum Gasteiger partial charge on any atom is 0.333 e. The van der Waals surface area contributed by atoms with Gasteiger partial charge in [0.1, 0.15) is 0 Å². The Balaban J connectivity index is 2.10. The quantitative estimate of drug-likeness (QED) is 0.788. The van der Waals surface area contributed by atoms with Gasteiger partial charge in [-0.15, -0.1) is 0 Å². The molecule has 24 heavy (non-hydrogen) atoms. The van der Waals surface area contributed by atoms with E-state index in [1.807, 2.05) is 12.1 Å². The van der Waals surface area contributed by atoms with Gasteiger partial charge in [0.25, 0.3) is 5.91 Å². The van der Waals surface area contributed by atoms with Gasteiger partial charge in [-0.1, -0.05) is 12.1 Å². The summed E-state index contributed by atoms with van der Waals surface area (Å²) in [7, 11) is 0. The van der Waals surface area contributed by atoms with Crippen molar-refractivity contribution in [2.45, 2.75) is 32.9 Å². The van der Waals surface area contributed by atoms with E-state index in [-0.39, 0.29) is 11.9 Å². The molecule has 0 unspecified atom stereocenters. The normalized spacial score (nSPS) is 11.2. The molecule has 2 aromatic rings. The molecule has 0 spiro atoms. The van der Waals surface area contributed by atoms with Gasteiger partial charge in [-0.25, -0.2) is 4.79 Å². The number of benzene rings is 1. The number of aromatic nitrogens is 2. The van der Waals surface area contributed by atoms with Gasteiger partial charge in [0.15, 0.2) is 5.54 Å². The van der Waals surface area contributed by atoms with E-state index < -0.39 is 5.54 Å². The lowest BCUT2D eigenvalue weighted by atomic mass is 10.1. The fourth-order valence-corrected chi connectivity index (χ4v) is 2.09. The molecule has 1 aromatic carbocycles. The average Bonchev–Trinajstić information content (AvgIpc) is 3.04. The summed E-state index contributed by atoms with van der Waals surface area (Å²) >= 11 is 0. The molecule has 128 valence electrons. The molecule has 1 amide bonds. The third-order valence-corrected chi connectivity index (χ3v) is 3.64. The molecule has 0 aliphatic heterocycles. The summed E-state index contributed by atoms with van der Waals surface area (Å²) in [4.78, 5) is 24.2. The van der Waals surface area contributed by atoms with Crippen LogP contribution in [0.1, 0.15) is 36.7 Å². The fraction of sp³-hybridized carbons (Fsp3) is 0.353. The lowest BCUT2D eigenvalue weighted by Gasteiger charge is -2.22. The smallest absolute Gasteiger partial charge is 0.333 e. The Hall–Kier alpha value is -2.67. The van der Waals surface area contributed by atoms with Gasteiger partial charge in [0, 0.05) is 18.3 Å². The molecule has 0 bridgehead atoms. The Morgan fingerprint density at radius 1 is 1.29 bits per heavy atom. The highest BCUT2D eigenvalue weighted by atomic mass is 16.5. The standard InChI is InChI=1S/C17H22N4O3/c1-4-24-16(23)17(2,3)21-11-14(10-19-21)20-15(22)13-7-5-12(9-18)6-8-13/h5-8,10-11H,4,9,18H2,1-3H3,(H,20,22). The zero-order valence-electron chi connectivity index (χ0n) is 14.1. The predicted octanol–water partition coefficient (Wildman–Crippen LogP) is 1.89. The second-order valence-corrected chi connectivity index (χ2v) is 5.81. The highest BCUT2D eigenvalue weighted by molar-refractivity contribution is 6.04. The number of esters is 1. The third kappa shape index (κ3) is 3.80. The van der Waals surface area contributed by atoms with E-state index in [1.165, 1.54) is 10.9 Å². The first kappa shape index (κ1) is 17.7. The van der Waals surface area contributed by atoms with Gasteiger partial charge in [0.05, 0.1) is 18.5 Å². The van der Waals surface area contributed by atoms with Crippen LogP contribution in [0.15, 0.2) is 36.7 Å². The van der Waals surface area contributed by atoms with Crippen molar-refractivity contribution in [2.24, 2.45) is 5.73 Å². The molecule has 0 aliphatic carbocycles. The van der Waals surface area contributed by atoms with Crippen LogP contribution >= 0.6 is 0 Å². The molecule has 1 aromatic heterocycles. The number of hydrogen-bond donors (Lipinski definition) is 2. The van der Waals surface area contributed by atoms with Crippen LogP contribution in [0.4, 0.5) is 5.69 Å². The molecule has 3 N–H and O–H groups in total. The molecule has 0 atom stereocenters. The predicted molar refractivity (Wildman–Crippen MR) is 90.5 cm³/mol. The molecular formula is C17H22N4O3. The van der Waals surface area contributed by atoms with E-state index in [2.05, 4.69) is 10.4 Å². The molecule has 0 fully saturated rings. The number of nitrogens with two attached hydrogens (primary N) is 1. The Morgan fingerprint density at radius 2 is 1.96 bits per heavy atom. The number of carbonyl (C=O) groups excluding carboxylic acids is 2. The summed E-state index contributed by atoms with van der Waals surface area (Å²) in [6, 6.07) is 7.04. The minimum Gasteiger partial charge on any atom is -0.464 e. The van der Waals surface area contributed by atoms with Gasteiger partial charge in [-0.05, 0) is 38.5 Å². The molecule has 0 aliphatic rings. The monoisotopic (exact) mass is 330 g/mol. The van der Waals surface area contributed by atoms with Crippen LogP contribution in [0.5, 0.6) is 0 Å². The first-order valence-corrected chi connectivity index (χ1v) is 7.71. The van der Waals surface area contributed by atoms with Crippen LogP contribution in [-0.4, -0.2) is 28.3 Å². The van der Waals surface area contributed by atoms with Gasteiger partial charge >= 0.3 is 5.97 Å². The van der Waals surface area contributed by atoms with Crippen molar-refractivity contribution in [3.05, 3.63) is 47.8 Å². The topological polar surface area (TPSA) is 99.2 Å². The van der Waals surface area contributed by atoms with E-state index in [1.54, 1.807) is 39.1 Å². The Morgan fingerprint density at radius 3 is 2.54 bits per heavy atom. The van der Waals surface area contributed by atoms with Crippen molar-refractivity contribution in [1.29, 1.82) is 0 Å². The van der Waals surface area contributed by atoms with Gasteiger partial charge in [-0.3, -0.25) is 9.48 Å². The van der Waals surface area contributed by atoms with E-state index >= 15 is 0 Å². The van der Waals surface area contributed by atoms with Crippen molar-refractivity contribution < 1.29 is 14.3 Å². The summed E-state index contributed by atoms with van der Waals surface area (Å²) in [5, 5.41) is 6.90. The number of anilines is 1. The van der Waals surface area contributed by atoms with Crippen LogP contribution < -0.4 is 11.1 Å². The van der Waals surface area contributed by atoms with Crippen LogP contribution in [0.3, 0.4) is 0 Å². The SMILES string of the molecule is CCOC(=O)C(C)(C)n1cc(NC(=O)c2ccc(CN)cc2)cn1. The molecule has 7 nitrogen and oxygen atoms in total. The second kappa shape index (κ2) is 7.27. The van der Waals surface area contributed by atoms with E-state index in [0.717, 1.165) is 5.56 Å². The van der Waals surface area contributed by atoms with E-state index in [4.69, 9.17) is 10.5 Å². The van der Waals surface area contributed by atoms with Gasteiger partial charge in [-0.2, -0.15) is 5.10 Å². The fourth-order valence-electron chi connectivity index (χ4n) is 2.09. The van der Waals surface area contributed by atoms with Crippen LogP contribution in [0.2, 0.25) is 0 Å². The van der Waals surface area contributed by atoms with Crippen LogP contribution in [0, 0.1) is 0 Å². The molecule has 0 saturated heterocycles. The number of ether oxygens (including phenoxy) is 1. The van der Waals surface area contributed by atoms with Gasteiger partial charge < -0.3 is 15.8 Å². The number of hydrogen-bond acceptors (Lipinski definition) is 5. The maximum atomic E-state index is 12.2. The molecule has 1 heterocycles. The van der Waals surface area contributed by atoms with Crippen LogP contribution in [-0.2, 0) is 21.6 Å². The first-order valence-electron chi connectivity index (χ1n) is 7.71. The van der Waals surface area contributed by atoms with Crippen molar-refractivity contribution in [3.63, 3.8) is 0 Å². The lowest BCUT2D eigenvalue weighted by molar-refractivity contribution is -0.152. The summed E-state index contributed by atoms with van der Waals surface area (Å²) in [5.74, 6) is -0.643. The van der Waals surface area contributed by atoms with Crippen molar-refractivity contribution >= 4 is 17.6 Å². The molecule has 2 rings (SSSR count). The number of nitrogens with one attached hydrogen (secondary N) is 1. The maximum absolute atomic E-state index is 12.2. The number of rotatable bonds is 6. The summed E-state index contributed by atoms with van der Waals surface area (Å²) in [5.41, 5.74) is 6.56. The number of carbonyl (C=O) groups is 2. The minimum absolute atomic E-state index is 0.257. The van der Waals surface area contributed by atoms with Crippen LogP contribution in [0.25, 0.3) is 0 Å². The Bertz CT molecular complexity index is 720. The summed E-state index contributed by atoms with van der Waals surface area (Å²) in [6.45, 7) is 5.88. The average molecular weight is 330 g/mol. The zero-order chi connectivity index (χ0) is 17.7. The zero-order valence-corrected chi connectivity index (χ0v) is 14.1. The number of amides is 1. The lowest BCUT2D eigenvalue weighted by Crippen LogP contribution is -2.37. The van der Waals surface area contributed by atoms with Crippen molar-refractivity contribution in [3.8, 4) is 0 Å². The summed E-state index contributed by atoms with van der Waals surface area (Å²) < 4.78 is 6.52. The van der Waals surface area contributed by atoms with Crippen molar-refractivity contribution in [1.82, 2.24) is 9.78 Å². The molecular weight excluding hydrogens is 308 g/mol. The highest BCUT2D eigenvalue weighted by Gasteiger charge is 2.32. The Kier molecular flexibility index (Phi) is 5.35. The molecule has 7 heteroatoms. The third-order valence-electron chi connectivity index (χ3n) is 3.64.